The fourth-order valence-corrected chi connectivity index (χ4v) is 5.81. The van der Waals surface area contributed by atoms with Gasteiger partial charge in [0.05, 0.1) is 0 Å². The van der Waals surface area contributed by atoms with E-state index in [1.807, 2.05) is 0 Å². The third kappa shape index (κ3) is 6.42. The van der Waals surface area contributed by atoms with E-state index in [0.29, 0.717) is 36.8 Å². The van der Waals surface area contributed by atoms with E-state index in [-0.39, 0.29) is 35.0 Å². The Morgan fingerprint density at radius 2 is 0.867 bits per heavy atom. The summed E-state index contributed by atoms with van der Waals surface area (Å²) in [6.07, 6.45) is 3.11. The molecule has 0 aromatic carbocycles. The zero-order valence-corrected chi connectivity index (χ0v) is 20.0. The van der Waals surface area contributed by atoms with Gasteiger partial charge >= 0.3 is 11.9 Å². The summed E-state index contributed by atoms with van der Waals surface area (Å²) in [6, 6.07) is 0. The maximum absolute atomic E-state index is 12.1. The summed E-state index contributed by atoms with van der Waals surface area (Å²) in [6.45, 7) is 16.6. The van der Waals surface area contributed by atoms with Crippen LogP contribution in [0.3, 0.4) is 0 Å². The molecule has 0 aromatic heterocycles. The first-order valence-corrected chi connectivity index (χ1v) is 10.9. The first-order chi connectivity index (χ1) is 13.4. The lowest BCUT2D eigenvalue weighted by molar-refractivity contribution is -0.134. The van der Waals surface area contributed by atoms with E-state index in [0.717, 1.165) is 11.1 Å². The van der Waals surface area contributed by atoms with Crippen LogP contribution in [-0.4, -0.2) is 44.3 Å². The molecule has 0 aliphatic carbocycles. The van der Waals surface area contributed by atoms with Crippen LogP contribution >= 0.6 is 0 Å². The number of carboxylic acids is 2. The molecule has 2 aliphatic rings. The fraction of sp³-hybridized carbons (Fsp3) is 0.750. The molecule has 0 unspecified atom stereocenters. The SMILES string of the molecule is CC1(C)CC(=C(CCC(C(=O)O)=C2CC(C)(C)NC(C)(C)C2)C(=O)O)CC(C)(C)N1. The van der Waals surface area contributed by atoms with Crippen molar-refractivity contribution >= 4 is 11.9 Å². The highest BCUT2D eigenvalue weighted by Gasteiger charge is 2.38. The number of aliphatic carboxylic acids is 2. The minimum absolute atomic E-state index is 0.199. The smallest absolute Gasteiger partial charge is 0.331 e. The topological polar surface area (TPSA) is 98.7 Å². The molecule has 2 saturated heterocycles. The van der Waals surface area contributed by atoms with Gasteiger partial charge in [-0.05, 0) is 93.9 Å². The summed E-state index contributed by atoms with van der Waals surface area (Å²) >= 11 is 0. The van der Waals surface area contributed by atoms with E-state index in [9.17, 15) is 19.8 Å². The molecule has 0 radical (unpaired) electrons. The lowest BCUT2D eigenvalue weighted by atomic mass is 9.75. The first kappa shape index (κ1) is 24.6. The van der Waals surface area contributed by atoms with Crippen molar-refractivity contribution in [3.8, 4) is 0 Å². The predicted octanol–water partition coefficient (Wildman–Crippen LogP) is 4.41. The van der Waals surface area contributed by atoms with Gasteiger partial charge in [-0.15, -0.1) is 0 Å². The Balaban J connectivity index is 2.38. The first-order valence-electron chi connectivity index (χ1n) is 10.9. The third-order valence-electron chi connectivity index (χ3n) is 5.97. The second-order valence-corrected chi connectivity index (χ2v) is 11.8. The molecule has 170 valence electrons. The minimum Gasteiger partial charge on any atom is -0.478 e. The molecule has 30 heavy (non-hydrogen) atoms. The number of carbonyl (C=O) groups is 2. The molecular formula is C24H40N2O4. The molecule has 0 amide bonds. The molecule has 4 N–H and O–H groups in total. The van der Waals surface area contributed by atoms with Crippen LogP contribution in [0.2, 0.25) is 0 Å². The third-order valence-corrected chi connectivity index (χ3v) is 5.97. The summed E-state index contributed by atoms with van der Waals surface area (Å²) in [5, 5.41) is 27.0. The van der Waals surface area contributed by atoms with Crippen LogP contribution < -0.4 is 10.6 Å². The fourth-order valence-electron chi connectivity index (χ4n) is 5.81. The van der Waals surface area contributed by atoms with Gasteiger partial charge in [-0.2, -0.15) is 0 Å². The summed E-state index contributed by atoms with van der Waals surface area (Å²) in [5.74, 6) is -1.86. The zero-order chi connectivity index (χ0) is 23.1. The summed E-state index contributed by atoms with van der Waals surface area (Å²) < 4.78 is 0. The molecule has 0 saturated carbocycles. The van der Waals surface area contributed by atoms with Crippen molar-refractivity contribution in [3.63, 3.8) is 0 Å². The Kier molecular flexibility index (Phi) is 6.66. The largest absolute Gasteiger partial charge is 0.478 e. The lowest BCUT2D eigenvalue weighted by Crippen LogP contribution is -2.56. The average molecular weight is 421 g/mol. The van der Waals surface area contributed by atoms with Gasteiger partial charge in [-0.25, -0.2) is 9.59 Å². The van der Waals surface area contributed by atoms with Gasteiger partial charge in [0, 0.05) is 33.3 Å². The highest BCUT2D eigenvalue weighted by Crippen LogP contribution is 2.38. The van der Waals surface area contributed by atoms with Gasteiger partial charge in [0.2, 0.25) is 0 Å². The van der Waals surface area contributed by atoms with Crippen molar-refractivity contribution in [1.82, 2.24) is 10.6 Å². The zero-order valence-electron chi connectivity index (χ0n) is 20.0. The van der Waals surface area contributed by atoms with Gasteiger partial charge in [0.15, 0.2) is 0 Å². The minimum atomic E-state index is -0.931. The van der Waals surface area contributed by atoms with Crippen molar-refractivity contribution in [1.29, 1.82) is 0 Å². The monoisotopic (exact) mass is 420 g/mol. The normalized spacial score (nSPS) is 24.3. The van der Waals surface area contributed by atoms with Gasteiger partial charge in [0.1, 0.15) is 0 Å². The summed E-state index contributed by atoms with van der Waals surface area (Å²) in [7, 11) is 0. The van der Waals surface area contributed by atoms with E-state index in [2.05, 4.69) is 66.0 Å². The molecule has 2 heterocycles. The van der Waals surface area contributed by atoms with Gasteiger partial charge in [0.25, 0.3) is 0 Å². The van der Waals surface area contributed by atoms with Gasteiger partial charge < -0.3 is 20.8 Å². The van der Waals surface area contributed by atoms with Crippen LogP contribution in [0.4, 0.5) is 0 Å². The Bertz CT molecular complexity index is 683. The number of nitrogens with one attached hydrogen (secondary N) is 2. The number of piperidine rings is 2. The second kappa shape index (κ2) is 8.12. The maximum atomic E-state index is 12.1. The molecule has 6 nitrogen and oxygen atoms in total. The molecule has 0 atom stereocenters. The molecular weight excluding hydrogens is 380 g/mol. The van der Waals surface area contributed by atoms with Crippen molar-refractivity contribution < 1.29 is 19.8 Å². The van der Waals surface area contributed by atoms with Crippen LogP contribution in [0.15, 0.2) is 22.3 Å². The van der Waals surface area contributed by atoms with Crippen LogP contribution in [0.25, 0.3) is 0 Å². The molecule has 0 bridgehead atoms. The Labute approximate surface area is 181 Å². The van der Waals surface area contributed by atoms with Crippen LogP contribution in [0.5, 0.6) is 0 Å². The Morgan fingerprint density at radius 1 is 0.633 bits per heavy atom. The second-order valence-electron chi connectivity index (χ2n) is 11.8. The van der Waals surface area contributed by atoms with Crippen molar-refractivity contribution in [3.05, 3.63) is 22.3 Å². The maximum Gasteiger partial charge on any atom is 0.331 e. The predicted molar refractivity (Wildman–Crippen MR) is 120 cm³/mol. The number of hydrogen-bond donors (Lipinski definition) is 4. The molecule has 0 aromatic rings. The highest BCUT2D eigenvalue weighted by atomic mass is 16.4. The Hall–Kier alpha value is -1.66. The molecule has 2 aliphatic heterocycles. The quantitative estimate of drug-likeness (QED) is 0.492. The van der Waals surface area contributed by atoms with E-state index >= 15 is 0 Å². The van der Waals surface area contributed by atoms with Gasteiger partial charge in [-0.1, -0.05) is 11.1 Å². The average Bonchev–Trinajstić information content (AvgIpc) is 2.43. The van der Waals surface area contributed by atoms with Crippen molar-refractivity contribution in [2.45, 2.75) is 116 Å². The molecule has 2 rings (SSSR count). The number of rotatable bonds is 5. The molecule has 0 spiro atoms. The molecule has 2 fully saturated rings. The van der Waals surface area contributed by atoms with Gasteiger partial charge in [-0.3, -0.25) is 0 Å². The standard InChI is InChI=1S/C24H40N2O4/c1-21(2)11-15(12-22(3,4)25-21)17(19(27)28)9-10-18(20(29)30)16-13-23(5,6)26-24(7,8)14-16/h25-26H,9-14H2,1-8H3,(H,27,28)(H,29,30). The number of carboxylic acid groups (broad SMARTS) is 2. The van der Waals surface area contributed by atoms with Crippen LogP contribution in [-0.2, 0) is 9.59 Å². The van der Waals surface area contributed by atoms with Crippen LogP contribution in [0.1, 0.15) is 93.9 Å². The summed E-state index contributed by atoms with van der Waals surface area (Å²) in [4.78, 5) is 24.3. The van der Waals surface area contributed by atoms with Crippen LogP contribution in [0, 0.1) is 0 Å². The van der Waals surface area contributed by atoms with E-state index in [1.54, 1.807) is 0 Å². The van der Waals surface area contributed by atoms with E-state index in [4.69, 9.17) is 0 Å². The lowest BCUT2D eigenvalue weighted by Gasteiger charge is -2.45. The van der Waals surface area contributed by atoms with Crippen molar-refractivity contribution in [2.75, 3.05) is 0 Å². The Morgan fingerprint density at radius 3 is 1.07 bits per heavy atom. The van der Waals surface area contributed by atoms with E-state index in [1.165, 1.54) is 0 Å². The van der Waals surface area contributed by atoms with E-state index < -0.39 is 11.9 Å². The van der Waals surface area contributed by atoms with Crippen molar-refractivity contribution in [2.24, 2.45) is 0 Å². The highest BCUT2D eigenvalue weighted by molar-refractivity contribution is 5.90. The number of hydrogen-bond acceptors (Lipinski definition) is 4. The molecule has 6 heteroatoms. The summed E-state index contributed by atoms with van der Waals surface area (Å²) in [5.41, 5.74) is 1.82.